The summed E-state index contributed by atoms with van der Waals surface area (Å²) in [6.45, 7) is 4.03. The van der Waals surface area contributed by atoms with Crippen molar-refractivity contribution in [3.8, 4) is 0 Å². The van der Waals surface area contributed by atoms with E-state index < -0.39 is 12.0 Å². The number of aryl methyl sites for hydroxylation is 2. The van der Waals surface area contributed by atoms with Crippen LogP contribution in [-0.2, 0) is 16.1 Å². The van der Waals surface area contributed by atoms with Crippen LogP contribution in [0.4, 0.5) is 4.39 Å². The number of ether oxygens (including phenoxy) is 1. The SMILES string of the molecule is COC(=O)C(CN)NCc1cc(C)c(F)c(C)c1. The zero-order valence-corrected chi connectivity index (χ0v) is 10.9. The van der Waals surface area contributed by atoms with Gasteiger partial charge >= 0.3 is 5.97 Å². The largest absolute Gasteiger partial charge is 0.468 e. The Balaban J connectivity index is 2.71. The highest BCUT2D eigenvalue weighted by Crippen LogP contribution is 2.14. The minimum Gasteiger partial charge on any atom is -0.468 e. The molecule has 0 bridgehead atoms. The first-order valence-electron chi connectivity index (χ1n) is 5.76. The highest BCUT2D eigenvalue weighted by molar-refractivity contribution is 5.75. The molecule has 0 amide bonds. The lowest BCUT2D eigenvalue weighted by Gasteiger charge is -2.15. The van der Waals surface area contributed by atoms with Gasteiger partial charge in [-0.25, -0.2) is 4.39 Å². The Bertz CT molecular complexity index is 412. The van der Waals surface area contributed by atoms with Crippen LogP contribution >= 0.6 is 0 Å². The number of carbonyl (C=O) groups excluding carboxylic acids is 1. The van der Waals surface area contributed by atoms with E-state index in [-0.39, 0.29) is 12.4 Å². The Morgan fingerprint density at radius 2 is 2.00 bits per heavy atom. The average Bonchev–Trinajstić information content (AvgIpc) is 2.36. The maximum absolute atomic E-state index is 13.4. The van der Waals surface area contributed by atoms with Gasteiger partial charge in [0.2, 0.25) is 0 Å². The summed E-state index contributed by atoms with van der Waals surface area (Å²) in [5.74, 6) is -0.588. The lowest BCUT2D eigenvalue weighted by Crippen LogP contribution is -2.43. The maximum atomic E-state index is 13.4. The minimum absolute atomic E-state index is 0.159. The van der Waals surface area contributed by atoms with Gasteiger partial charge < -0.3 is 10.5 Å². The topological polar surface area (TPSA) is 64.3 Å². The molecule has 3 N–H and O–H groups in total. The molecule has 1 atom stereocenters. The molecule has 100 valence electrons. The van der Waals surface area contributed by atoms with E-state index in [4.69, 9.17) is 5.73 Å². The number of benzene rings is 1. The van der Waals surface area contributed by atoms with Crippen LogP contribution < -0.4 is 11.1 Å². The van der Waals surface area contributed by atoms with Crippen LogP contribution in [0.5, 0.6) is 0 Å². The molecular weight excluding hydrogens is 235 g/mol. The van der Waals surface area contributed by atoms with Crippen molar-refractivity contribution in [3.05, 3.63) is 34.6 Å². The third kappa shape index (κ3) is 3.51. The van der Waals surface area contributed by atoms with Gasteiger partial charge in [0, 0.05) is 13.1 Å². The predicted octanol–water partition coefficient (Wildman–Crippen LogP) is 1.03. The van der Waals surface area contributed by atoms with Crippen molar-refractivity contribution >= 4 is 5.97 Å². The van der Waals surface area contributed by atoms with Crippen LogP contribution in [0.15, 0.2) is 12.1 Å². The highest BCUT2D eigenvalue weighted by atomic mass is 19.1. The van der Waals surface area contributed by atoms with E-state index in [0.29, 0.717) is 17.7 Å². The molecule has 0 saturated heterocycles. The summed E-state index contributed by atoms with van der Waals surface area (Å²) < 4.78 is 18.1. The summed E-state index contributed by atoms with van der Waals surface area (Å²) in [5.41, 5.74) is 7.57. The van der Waals surface area contributed by atoms with Gasteiger partial charge in [0.25, 0.3) is 0 Å². The quantitative estimate of drug-likeness (QED) is 0.770. The smallest absolute Gasteiger partial charge is 0.324 e. The second-order valence-electron chi connectivity index (χ2n) is 4.24. The van der Waals surface area contributed by atoms with Crippen molar-refractivity contribution < 1.29 is 13.9 Å². The summed E-state index contributed by atoms with van der Waals surface area (Å²) in [6, 6.07) is 2.96. The lowest BCUT2D eigenvalue weighted by atomic mass is 10.1. The Morgan fingerprint density at radius 3 is 2.44 bits per heavy atom. The fraction of sp³-hybridized carbons (Fsp3) is 0.462. The summed E-state index contributed by atoms with van der Waals surface area (Å²) in [6.07, 6.45) is 0. The van der Waals surface area contributed by atoms with E-state index in [1.54, 1.807) is 26.0 Å². The van der Waals surface area contributed by atoms with E-state index in [1.165, 1.54) is 7.11 Å². The van der Waals surface area contributed by atoms with Crippen molar-refractivity contribution in [2.75, 3.05) is 13.7 Å². The summed E-state index contributed by atoms with van der Waals surface area (Å²) in [7, 11) is 1.32. The number of hydrogen-bond acceptors (Lipinski definition) is 4. The van der Waals surface area contributed by atoms with E-state index in [1.807, 2.05) is 0 Å². The molecule has 0 radical (unpaired) electrons. The number of nitrogens with two attached hydrogens (primary N) is 1. The molecule has 18 heavy (non-hydrogen) atoms. The Kier molecular flexibility index (Phi) is 5.25. The lowest BCUT2D eigenvalue weighted by molar-refractivity contribution is -0.142. The number of rotatable bonds is 5. The molecule has 0 saturated carbocycles. The zero-order chi connectivity index (χ0) is 13.7. The van der Waals surface area contributed by atoms with Gasteiger partial charge in [-0.15, -0.1) is 0 Å². The molecule has 0 heterocycles. The number of halogens is 1. The van der Waals surface area contributed by atoms with Gasteiger partial charge in [-0.2, -0.15) is 0 Å². The number of esters is 1. The Labute approximate surface area is 106 Å². The number of methoxy groups -OCH3 is 1. The van der Waals surface area contributed by atoms with Gasteiger partial charge in [0.1, 0.15) is 11.9 Å². The normalized spacial score (nSPS) is 12.3. The van der Waals surface area contributed by atoms with Crippen LogP contribution in [0.25, 0.3) is 0 Å². The van der Waals surface area contributed by atoms with Crippen LogP contribution in [0.3, 0.4) is 0 Å². The molecule has 1 aromatic carbocycles. The molecule has 1 aromatic rings. The minimum atomic E-state index is -0.541. The molecule has 0 fully saturated rings. The average molecular weight is 254 g/mol. The van der Waals surface area contributed by atoms with Gasteiger partial charge in [-0.1, -0.05) is 12.1 Å². The van der Waals surface area contributed by atoms with Crippen molar-refractivity contribution in [1.29, 1.82) is 0 Å². The van der Waals surface area contributed by atoms with Crippen molar-refractivity contribution in [2.24, 2.45) is 5.73 Å². The molecule has 1 rings (SSSR count). The molecule has 4 nitrogen and oxygen atoms in total. The molecule has 5 heteroatoms. The van der Waals surface area contributed by atoms with E-state index in [2.05, 4.69) is 10.1 Å². The number of carbonyl (C=O) groups is 1. The van der Waals surface area contributed by atoms with E-state index >= 15 is 0 Å². The van der Waals surface area contributed by atoms with Crippen LogP contribution in [0.1, 0.15) is 16.7 Å². The Morgan fingerprint density at radius 1 is 1.44 bits per heavy atom. The van der Waals surface area contributed by atoms with Crippen molar-refractivity contribution in [3.63, 3.8) is 0 Å². The third-order valence-electron chi connectivity index (χ3n) is 2.77. The van der Waals surface area contributed by atoms with E-state index in [9.17, 15) is 9.18 Å². The fourth-order valence-electron chi connectivity index (χ4n) is 1.78. The molecule has 0 spiro atoms. The first-order valence-corrected chi connectivity index (χ1v) is 5.76. The van der Waals surface area contributed by atoms with Gasteiger partial charge in [0.15, 0.2) is 0 Å². The molecule has 1 unspecified atom stereocenters. The van der Waals surface area contributed by atoms with Gasteiger partial charge in [-0.3, -0.25) is 10.1 Å². The van der Waals surface area contributed by atoms with E-state index in [0.717, 1.165) is 5.56 Å². The van der Waals surface area contributed by atoms with Gasteiger partial charge in [-0.05, 0) is 30.5 Å². The summed E-state index contributed by atoms with van der Waals surface area (Å²) in [5, 5.41) is 2.99. The molecule has 0 aliphatic carbocycles. The second-order valence-corrected chi connectivity index (χ2v) is 4.24. The second kappa shape index (κ2) is 6.47. The standard InChI is InChI=1S/C13H19FN2O2/c1-8-4-10(5-9(2)12(8)14)7-16-11(6-15)13(17)18-3/h4-5,11,16H,6-7,15H2,1-3H3. The first kappa shape index (κ1) is 14.6. The molecule has 0 aliphatic heterocycles. The molecule has 0 aromatic heterocycles. The third-order valence-corrected chi connectivity index (χ3v) is 2.77. The first-order chi connectivity index (χ1) is 8.49. The monoisotopic (exact) mass is 254 g/mol. The summed E-state index contributed by atoms with van der Waals surface area (Å²) >= 11 is 0. The van der Waals surface area contributed by atoms with Crippen LogP contribution in [-0.4, -0.2) is 25.7 Å². The Hall–Kier alpha value is -1.46. The fourth-order valence-corrected chi connectivity index (χ4v) is 1.78. The maximum Gasteiger partial charge on any atom is 0.324 e. The predicted molar refractivity (Wildman–Crippen MR) is 67.6 cm³/mol. The van der Waals surface area contributed by atoms with Crippen LogP contribution in [0.2, 0.25) is 0 Å². The van der Waals surface area contributed by atoms with Crippen LogP contribution in [0, 0.1) is 19.7 Å². The highest BCUT2D eigenvalue weighted by Gasteiger charge is 2.16. The summed E-state index contributed by atoms with van der Waals surface area (Å²) in [4.78, 5) is 11.3. The van der Waals surface area contributed by atoms with Gasteiger partial charge in [0.05, 0.1) is 7.11 Å². The molecular formula is C13H19FN2O2. The van der Waals surface area contributed by atoms with Crippen molar-refractivity contribution in [1.82, 2.24) is 5.32 Å². The number of nitrogens with one attached hydrogen (secondary N) is 1. The number of hydrogen-bond donors (Lipinski definition) is 2. The van der Waals surface area contributed by atoms with Crippen molar-refractivity contribution in [2.45, 2.75) is 26.4 Å². The zero-order valence-electron chi connectivity index (χ0n) is 10.9. The molecule has 0 aliphatic rings.